The highest BCUT2D eigenvalue weighted by Gasteiger charge is 2.35. The number of non-ortho nitro benzene ring substituents is 1. The molecule has 1 N–H and O–H groups in total. The van der Waals surface area contributed by atoms with Gasteiger partial charge in [-0.05, 0) is 42.8 Å². The number of rotatable bonds is 8. The summed E-state index contributed by atoms with van der Waals surface area (Å²) in [6.07, 6.45) is -3.14. The summed E-state index contributed by atoms with van der Waals surface area (Å²) in [5, 5.41) is 13.5. The second-order valence-electron chi connectivity index (χ2n) is 6.76. The van der Waals surface area contributed by atoms with E-state index in [1.807, 2.05) is 6.92 Å². The molecule has 0 aliphatic carbocycles. The van der Waals surface area contributed by atoms with Gasteiger partial charge in [-0.25, -0.2) is 4.98 Å². The van der Waals surface area contributed by atoms with Gasteiger partial charge in [0.05, 0.1) is 11.5 Å². The average Bonchev–Trinajstić information content (AvgIpc) is 2.77. The number of hydrogen-bond donors (Lipinski definition) is 1. The van der Waals surface area contributed by atoms with Crippen molar-refractivity contribution >= 4 is 28.8 Å². The van der Waals surface area contributed by atoms with Crippen LogP contribution in [-0.2, 0) is 6.18 Å². The van der Waals surface area contributed by atoms with Gasteiger partial charge in [-0.1, -0.05) is 6.92 Å². The third kappa shape index (κ3) is 5.42. The molecule has 1 heterocycles. The number of benzene rings is 2. The van der Waals surface area contributed by atoms with Crippen LogP contribution >= 0.6 is 0 Å². The third-order valence-corrected chi connectivity index (χ3v) is 4.42. The fourth-order valence-electron chi connectivity index (χ4n) is 2.74. The molecule has 168 valence electrons. The summed E-state index contributed by atoms with van der Waals surface area (Å²) in [4.78, 5) is 19.6. The van der Waals surface area contributed by atoms with Gasteiger partial charge in [0.25, 0.3) is 5.69 Å². The Morgan fingerprint density at radius 1 is 1.12 bits per heavy atom. The quantitative estimate of drug-likeness (QED) is 0.349. The SMILES string of the molecule is CCCOc1ccc(Nc2nc(N(C)c3ccc([N+](=O)[O-])cc3)ncc2C(F)(F)F)cc1. The zero-order valence-electron chi connectivity index (χ0n) is 17.3. The van der Waals surface area contributed by atoms with Gasteiger partial charge in [0, 0.05) is 36.8 Å². The monoisotopic (exact) mass is 447 g/mol. The Balaban J connectivity index is 1.90. The van der Waals surface area contributed by atoms with Crippen LogP contribution in [0.15, 0.2) is 54.7 Å². The first-order valence-corrected chi connectivity index (χ1v) is 9.61. The molecule has 0 fully saturated rings. The van der Waals surface area contributed by atoms with E-state index >= 15 is 0 Å². The van der Waals surface area contributed by atoms with E-state index in [0.29, 0.717) is 29.9 Å². The number of aromatic nitrogens is 2. The molecule has 0 spiro atoms. The largest absolute Gasteiger partial charge is 0.494 e. The van der Waals surface area contributed by atoms with Crippen molar-refractivity contribution in [2.24, 2.45) is 0 Å². The average molecular weight is 447 g/mol. The molecule has 3 rings (SSSR count). The summed E-state index contributed by atoms with van der Waals surface area (Å²) in [5.74, 6) is 0.172. The summed E-state index contributed by atoms with van der Waals surface area (Å²) in [6, 6.07) is 12.0. The molecule has 0 saturated heterocycles. The number of anilines is 4. The molecule has 0 bridgehead atoms. The third-order valence-electron chi connectivity index (χ3n) is 4.42. The smallest absolute Gasteiger partial charge is 0.421 e. The zero-order valence-corrected chi connectivity index (χ0v) is 17.3. The van der Waals surface area contributed by atoms with E-state index in [4.69, 9.17) is 4.74 Å². The highest BCUT2D eigenvalue weighted by molar-refractivity contribution is 5.64. The molecule has 2 aromatic carbocycles. The number of nitrogens with zero attached hydrogens (tertiary/aromatic N) is 4. The van der Waals surface area contributed by atoms with Gasteiger partial charge in [0.15, 0.2) is 0 Å². The van der Waals surface area contributed by atoms with Gasteiger partial charge < -0.3 is 15.0 Å². The lowest BCUT2D eigenvalue weighted by atomic mass is 10.2. The summed E-state index contributed by atoms with van der Waals surface area (Å²) in [6.45, 7) is 2.50. The highest BCUT2D eigenvalue weighted by atomic mass is 19.4. The Kier molecular flexibility index (Phi) is 6.76. The van der Waals surface area contributed by atoms with Gasteiger partial charge in [0.2, 0.25) is 5.95 Å². The molecule has 0 amide bonds. The minimum absolute atomic E-state index is 0.0164. The molecule has 0 radical (unpaired) electrons. The molecule has 0 aliphatic rings. The van der Waals surface area contributed by atoms with E-state index in [2.05, 4.69) is 15.3 Å². The van der Waals surface area contributed by atoms with Gasteiger partial charge in [-0.15, -0.1) is 0 Å². The molecular formula is C21H20F3N5O3. The van der Waals surface area contributed by atoms with Crippen LogP contribution in [0.3, 0.4) is 0 Å². The first-order chi connectivity index (χ1) is 15.2. The maximum absolute atomic E-state index is 13.5. The lowest BCUT2D eigenvalue weighted by Crippen LogP contribution is -2.17. The van der Waals surface area contributed by atoms with E-state index in [1.54, 1.807) is 31.3 Å². The predicted molar refractivity (Wildman–Crippen MR) is 114 cm³/mol. The molecule has 0 unspecified atom stereocenters. The maximum atomic E-state index is 13.5. The first-order valence-electron chi connectivity index (χ1n) is 9.61. The Hall–Kier alpha value is -3.89. The fraction of sp³-hybridized carbons (Fsp3) is 0.238. The van der Waals surface area contributed by atoms with Crippen molar-refractivity contribution in [2.45, 2.75) is 19.5 Å². The number of hydrogen-bond acceptors (Lipinski definition) is 7. The Morgan fingerprint density at radius 3 is 2.34 bits per heavy atom. The van der Waals surface area contributed by atoms with Crippen LogP contribution in [0.1, 0.15) is 18.9 Å². The molecule has 3 aromatic rings. The topological polar surface area (TPSA) is 93.4 Å². The van der Waals surface area contributed by atoms with E-state index in [-0.39, 0.29) is 11.6 Å². The summed E-state index contributed by atoms with van der Waals surface area (Å²) >= 11 is 0. The lowest BCUT2D eigenvalue weighted by Gasteiger charge is -2.20. The molecule has 0 aliphatic heterocycles. The van der Waals surface area contributed by atoms with Crippen molar-refractivity contribution in [1.29, 1.82) is 0 Å². The Labute approximate surface area is 181 Å². The van der Waals surface area contributed by atoms with Crippen LogP contribution in [0.5, 0.6) is 5.75 Å². The van der Waals surface area contributed by atoms with Crippen LogP contribution in [-0.4, -0.2) is 28.5 Å². The van der Waals surface area contributed by atoms with Gasteiger partial charge in [-0.3, -0.25) is 10.1 Å². The van der Waals surface area contributed by atoms with Gasteiger partial charge >= 0.3 is 6.18 Å². The van der Waals surface area contributed by atoms with E-state index in [1.165, 1.54) is 29.2 Å². The van der Waals surface area contributed by atoms with Crippen molar-refractivity contribution in [1.82, 2.24) is 9.97 Å². The standard InChI is InChI=1S/C21H20F3N5O3/c1-3-12-32-17-10-4-14(5-11-17)26-19-18(21(22,23)24)13-25-20(27-19)28(2)15-6-8-16(9-7-15)29(30)31/h4-11,13H,3,12H2,1-2H3,(H,25,26,27). The minimum Gasteiger partial charge on any atom is -0.494 e. The summed E-state index contributed by atoms with van der Waals surface area (Å²) < 4.78 is 46.0. The molecule has 1 aromatic heterocycles. The van der Waals surface area contributed by atoms with Gasteiger partial charge in [0.1, 0.15) is 17.1 Å². The maximum Gasteiger partial charge on any atom is 0.421 e. The van der Waals surface area contributed by atoms with E-state index < -0.39 is 22.5 Å². The number of nitro groups is 1. The Bertz CT molecular complexity index is 1070. The second kappa shape index (κ2) is 9.50. The van der Waals surface area contributed by atoms with Crippen molar-refractivity contribution in [3.63, 3.8) is 0 Å². The molecule has 0 atom stereocenters. The molecule has 8 nitrogen and oxygen atoms in total. The zero-order chi connectivity index (χ0) is 23.3. The summed E-state index contributed by atoms with van der Waals surface area (Å²) in [5.41, 5.74) is -0.269. The first kappa shape index (κ1) is 22.8. The predicted octanol–water partition coefficient (Wildman–Crippen LogP) is 5.70. The highest BCUT2D eigenvalue weighted by Crippen LogP contribution is 2.36. The fourth-order valence-corrected chi connectivity index (χ4v) is 2.74. The Morgan fingerprint density at radius 2 is 1.78 bits per heavy atom. The number of ether oxygens (including phenoxy) is 1. The van der Waals surface area contributed by atoms with Crippen LogP contribution < -0.4 is 15.0 Å². The molecule has 11 heteroatoms. The minimum atomic E-state index is -4.67. The van der Waals surface area contributed by atoms with Crippen molar-refractivity contribution < 1.29 is 22.8 Å². The van der Waals surface area contributed by atoms with Gasteiger partial charge in [-0.2, -0.15) is 18.2 Å². The van der Waals surface area contributed by atoms with E-state index in [9.17, 15) is 23.3 Å². The number of nitrogens with one attached hydrogen (secondary N) is 1. The van der Waals surface area contributed by atoms with Crippen LogP contribution in [0.25, 0.3) is 0 Å². The number of alkyl halides is 3. The second-order valence-corrected chi connectivity index (χ2v) is 6.76. The number of halogens is 3. The number of nitro benzene ring substituents is 1. The van der Waals surface area contributed by atoms with E-state index in [0.717, 1.165) is 6.42 Å². The van der Waals surface area contributed by atoms with Crippen LogP contribution in [0, 0.1) is 10.1 Å². The lowest BCUT2D eigenvalue weighted by molar-refractivity contribution is -0.384. The summed E-state index contributed by atoms with van der Waals surface area (Å²) in [7, 11) is 1.55. The molecule has 32 heavy (non-hydrogen) atoms. The van der Waals surface area contributed by atoms with Crippen LogP contribution in [0.2, 0.25) is 0 Å². The van der Waals surface area contributed by atoms with Crippen LogP contribution in [0.4, 0.5) is 42.0 Å². The normalized spacial score (nSPS) is 11.2. The van der Waals surface area contributed by atoms with Crippen molar-refractivity contribution in [3.8, 4) is 5.75 Å². The molecular weight excluding hydrogens is 427 g/mol. The van der Waals surface area contributed by atoms with Crippen molar-refractivity contribution in [3.05, 3.63) is 70.4 Å². The molecule has 0 saturated carbocycles. The van der Waals surface area contributed by atoms with Crippen molar-refractivity contribution in [2.75, 3.05) is 23.9 Å².